The topological polar surface area (TPSA) is 95.9 Å². The highest BCUT2D eigenvalue weighted by atomic mass is 35.5. The van der Waals surface area contributed by atoms with E-state index in [4.69, 9.17) is 4.74 Å². The van der Waals surface area contributed by atoms with E-state index < -0.39 is 15.9 Å². The standard InChI is InChI=1S/C21H24N2O5S.ClH/c24-16-8-10-19-15(13-16)7-9-17(28-19)14-22-11-3-4-12-23-21(25)18-5-1-2-6-20(18)29(23,26)27;/h1-2,5-6,8,10,13,17,22,24H,3-4,7,9,11-12,14H2;1H/t17-;/m1./s1. The number of nitrogens with zero attached hydrogens (tertiary/aromatic N) is 1. The Hall–Kier alpha value is -2.29. The fourth-order valence-corrected chi connectivity index (χ4v) is 5.40. The number of amides is 1. The van der Waals surface area contributed by atoms with Gasteiger partial charge in [0.1, 0.15) is 22.5 Å². The maximum atomic E-state index is 12.5. The summed E-state index contributed by atoms with van der Waals surface area (Å²) in [6, 6.07) is 11.5. The molecule has 2 aromatic carbocycles. The van der Waals surface area contributed by atoms with E-state index in [9.17, 15) is 18.3 Å². The van der Waals surface area contributed by atoms with Crippen molar-refractivity contribution in [1.82, 2.24) is 9.62 Å². The summed E-state index contributed by atoms with van der Waals surface area (Å²) in [6.45, 7) is 1.61. The van der Waals surface area contributed by atoms with Gasteiger partial charge in [0.15, 0.2) is 0 Å². The molecule has 1 atom stereocenters. The molecule has 0 spiro atoms. The third-order valence-corrected chi connectivity index (χ3v) is 7.16. The van der Waals surface area contributed by atoms with Crippen molar-refractivity contribution < 1.29 is 23.1 Å². The van der Waals surface area contributed by atoms with E-state index in [1.54, 1.807) is 36.4 Å². The first kappa shape index (κ1) is 22.4. The van der Waals surface area contributed by atoms with Crippen LogP contribution in [-0.4, -0.2) is 49.5 Å². The number of rotatable bonds is 7. The van der Waals surface area contributed by atoms with Crippen molar-refractivity contribution in [3.8, 4) is 11.5 Å². The Balaban J connectivity index is 0.00000256. The summed E-state index contributed by atoms with van der Waals surface area (Å²) in [5.74, 6) is 0.637. The molecule has 0 saturated heterocycles. The van der Waals surface area contributed by atoms with Crippen LogP contribution in [0.15, 0.2) is 47.4 Å². The van der Waals surface area contributed by atoms with Crippen molar-refractivity contribution in [2.75, 3.05) is 19.6 Å². The highest BCUT2D eigenvalue weighted by Crippen LogP contribution is 2.31. The Morgan fingerprint density at radius 2 is 1.97 bits per heavy atom. The smallest absolute Gasteiger partial charge is 0.269 e. The Morgan fingerprint density at radius 1 is 1.17 bits per heavy atom. The van der Waals surface area contributed by atoms with Gasteiger partial charge in [0.2, 0.25) is 0 Å². The lowest BCUT2D eigenvalue weighted by Gasteiger charge is -2.26. The monoisotopic (exact) mass is 452 g/mol. The lowest BCUT2D eigenvalue weighted by atomic mass is 10.0. The number of halogens is 1. The van der Waals surface area contributed by atoms with E-state index in [1.165, 1.54) is 6.07 Å². The summed E-state index contributed by atoms with van der Waals surface area (Å²) in [4.78, 5) is 12.5. The van der Waals surface area contributed by atoms with Gasteiger partial charge in [-0.25, -0.2) is 12.7 Å². The van der Waals surface area contributed by atoms with E-state index in [-0.39, 0.29) is 41.3 Å². The summed E-state index contributed by atoms with van der Waals surface area (Å²) < 4.78 is 31.9. The van der Waals surface area contributed by atoms with Gasteiger partial charge in [0.05, 0.1) is 5.56 Å². The molecule has 0 aliphatic carbocycles. The third-order valence-electron chi connectivity index (χ3n) is 5.32. The van der Waals surface area contributed by atoms with E-state index in [1.807, 2.05) is 0 Å². The summed E-state index contributed by atoms with van der Waals surface area (Å²) in [5, 5.41) is 12.9. The molecule has 4 rings (SSSR count). The average Bonchev–Trinajstić information content (AvgIpc) is 2.91. The van der Waals surface area contributed by atoms with E-state index in [2.05, 4.69) is 5.32 Å². The number of ether oxygens (including phenoxy) is 1. The second-order valence-corrected chi connectivity index (χ2v) is 9.19. The van der Waals surface area contributed by atoms with Gasteiger partial charge in [-0.3, -0.25) is 4.79 Å². The van der Waals surface area contributed by atoms with Crippen LogP contribution in [0.3, 0.4) is 0 Å². The van der Waals surface area contributed by atoms with E-state index in [0.717, 1.165) is 41.4 Å². The van der Waals surface area contributed by atoms with Crippen LogP contribution in [-0.2, 0) is 16.4 Å². The lowest BCUT2D eigenvalue weighted by molar-refractivity contribution is 0.0869. The highest BCUT2D eigenvalue weighted by Gasteiger charge is 2.40. The number of carbonyl (C=O) groups is 1. The van der Waals surface area contributed by atoms with Crippen molar-refractivity contribution in [1.29, 1.82) is 0 Å². The molecule has 0 bridgehead atoms. The molecule has 0 aromatic heterocycles. The second kappa shape index (κ2) is 9.24. The number of benzene rings is 2. The van der Waals surface area contributed by atoms with Crippen LogP contribution in [0, 0.1) is 0 Å². The van der Waals surface area contributed by atoms with Crippen molar-refractivity contribution in [2.45, 2.75) is 36.7 Å². The molecule has 2 aliphatic heterocycles. The Bertz CT molecular complexity index is 1030. The fraction of sp³-hybridized carbons (Fsp3) is 0.381. The fourth-order valence-electron chi connectivity index (χ4n) is 3.80. The van der Waals surface area contributed by atoms with Crippen molar-refractivity contribution in [3.05, 3.63) is 53.6 Å². The van der Waals surface area contributed by atoms with Crippen LogP contribution in [0.1, 0.15) is 35.2 Å². The quantitative estimate of drug-likeness (QED) is 0.627. The number of fused-ring (bicyclic) bond motifs is 2. The molecule has 0 saturated carbocycles. The molecule has 162 valence electrons. The summed E-state index contributed by atoms with van der Waals surface area (Å²) >= 11 is 0. The molecule has 2 N–H and O–H groups in total. The second-order valence-electron chi connectivity index (χ2n) is 7.36. The number of hydrogen-bond acceptors (Lipinski definition) is 6. The van der Waals surface area contributed by atoms with Crippen LogP contribution < -0.4 is 10.1 Å². The first-order chi connectivity index (χ1) is 14.0. The molecule has 2 aromatic rings. The van der Waals surface area contributed by atoms with Crippen LogP contribution >= 0.6 is 12.4 Å². The molecule has 2 aliphatic rings. The number of aryl methyl sites for hydroxylation is 1. The number of hydrogen-bond donors (Lipinski definition) is 2. The summed E-state index contributed by atoms with van der Waals surface area (Å²) in [6.07, 6.45) is 3.17. The zero-order valence-corrected chi connectivity index (χ0v) is 18.0. The van der Waals surface area contributed by atoms with Gasteiger partial charge in [-0.1, -0.05) is 12.1 Å². The van der Waals surface area contributed by atoms with E-state index in [0.29, 0.717) is 13.0 Å². The van der Waals surface area contributed by atoms with Crippen molar-refractivity contribution in [2.24, 2.45) is 0 Å². The number of sulfonamides is 1. The Labute approximate surface area is 182 Å². The number of carbonyl (C=O) groups excluding carboxylic acids is 1. The van der Waals surface area contributed by atoms with Crippen molar-refractivity contribution in [3.63, 3.8) is 0 Å². The molecule has 7 nitrogen and oxygen atoms in total. The zero-order valence-electron chi connectivity index (χ0n) is 16.4. The molecule has 9 heteroatoms. The van der Waals surface area contributed by atoms with Gasteiger partial charge in [-0.05, 0) is 68.1 Å². The molecule has 0 radical (unpaired) electrons. The molecular formula is C21H25ClN2O5S. The van der Waals surface area contributed by atoms with Gasteiger partial charge < -0.3 is 15.2 Å². The summed E-state index contributed by atoms with van der Waals surface area (Å²) in [5.41, 5.74) is 1.28. The number of phenols is 1. The van der Waals surface area contributed by atoms with Crippen LogP contribution in [0.4, 0.5) is 0 Å². The molecule has 0 fully saturated rings. The van der Waals surface area contributed by atoms with Gasteiger partial charge in [0.25, 0.3) is 15.9 Å². The number of nitrogens with one attached hydrogen (secondary N) is 1. The predicted octanol–water partition coefficient (Wildman–Crippen LogP) is 2.72. The summed E-state index contributed by atoms with van der Waals surface area (Å²) in [7, 11) is -3.71. The van der Waals surface area contributed by atoms with Crippen LogP contribution in [0.2, 0.25) is 0 Å². The number of unbranched alkanes of at least 4 members (excludes halogenated alkanes) is 1. The normalized spacial score (nSPS) is 18.9. The highest BCUT2D eigenvalue weighted by molar-refractivity contribution is 7.90. The largest absolute Gasteiger partial charge is 0.508 e. The molecule has 30 heavy (non-hydrogen) atoms. The minimum Gasteiger partial charge on any atom is -0.508 e. The maximum Gasteiger partial charge on any atom is 0.269 e. The van der Waals surface area contributed by atoms with Crippen LogP contribution in [0.25, 0.3) is 0 Å². The van der Waals surface area contributed by atoms with E-state index >= 15 is 0 Å². The van der Waals surface area contributed by atoms with Crippen molar-refractivity contribution >= 4 is 28.3 Å². The number of phenolic OH excluding ortho intramolecular Hbond substituents is 1. The SMILES string of the molecule is Cl.O=C1c2ccccc2S(=O)(=O)N1CCCCNC[C@H]1CCc2cc(O)ccc2O1. The van der Waals surface area contributed by atoms with Crippen LogP contribution in [0.5, 0.6) is 11.5 Å². The molecule has 0 unspecified atom stereocenters. The first-order valence-electron chi connectivity index (χ1n) is 9.82. The van der Waals surface area contributed by atoms with Gasteiger partial charge in [-0.15, -0.1) is 12.4 Å². The minimum atomic E-state index is -3.71. The molecular weight excluding hydrogens is 428 g/mol. The Morgan fingerprint density at radius 3 is 2.77 bits per heavy atom. The van der Waals surface area contributed by atoms with Gasteiger partial charge in [-0.2, -0.15) is 0 Å². The lowest BCUT2D eigenvalue weighted by Crippen LogP contribution is -2.35. The van der Waals surface area contributed by atoms with Gasteiger partial charge in [0, 0.05) is 13.1 Å². The predicted molar refractivity (Wildman–Crippen MR) is 115 cm³/mol. The zero-order chi connectivity index (χ0) is 20.4. The molecule has 1 amide bonds. The average molecular weight is 453 g/mol. The maximum absolute atomic E-state index is 12.5. The Kier molecular flexibility index (Phi) is 6.90. The minimum absolute atomic E-state index is 0. The third kappa shape index (κ3) is 4.40. The number of aromatic hydroxyl groups is 1. The van der Waals surface area contributed by atoms with Gasteiger partial charge >= 0.3 is 0 Å². The molecule has 2 heterocycles. The first-order valence-corrected chi connectivity index (χ1v) is 11.3.